The Bertz CT molecular complexity index is 317. The maximum absolute atomic E-state index is 6.22. The second-order valence-corrected chi connectivity index (χ2v) is 6.50. The Morgan fingerprint density at radius 2 is 1.86 bits per heavy atom. The second kappa shape index (κ2) is 2.11. The molecule has 3 aliphatic rings. The molecule has 1 aliphatic heterocycles. The van der Waals surface area contributed by atoms with Crippen molar-refractivity contribution in [3.63, 3.8) is 0 Å². The summed E-state index contributed by atoms with van der Waals surface area (Å²) >= 11 is 0. The van der Waals surface area contributed by atoms with Crippen LogP contribution in [0.25, 0.3) is 0 Å². The summed E-state index contributed by atoms with van der Waals surface area (Å²) in [6.07, 6.45) is 7.72. The number of rotatable bonds is 0. The first kappa shape index (κ1) is 8.96. The molecule has 4 atom stereocenters. The summed E-state index contributed by atoms with van der Waals surface area (Å²) in [6, 6.07) is 0. The third-order valence-electron chi connectivity index (χ3n) is 5.09. The molecule has 0 radical (unpaired) electrons. The summed E-state index contributed by atoms with van der Waals surface area (Å²) in [7, 11) is 0. The monoisotopic (exact) mass is 192 g/mol. The van der Waals surface area contributed by atoms with Gasteiger partial charge in [-0.3, -0.25) is 0 Å². The van der Waals surface area contributed by atoms with E-state index in [9.17, 15) is 0 Å². The zero-order valence-corrected chi connectivity index (χ0v) is 9.63. The molecule has 1 nitrogen and oxygen atoms in total. The van der Waals surface area contributed by atoms with Gasteiger partial charge in [0.15, 0.2) is 0 Å². The van der Waals surface area contributed by atoms with Gasteiger partial charge in [0.1, 0.15) is 0 Å². The summed E-state index contributed by atoms with van der Waals surface area (Å²) in [5, 5.41) is 0. The highest BCUT2D eigenvalue weighted by Crippen LogP contribution is 2.66. The molecule has 2 bridgehead atoms. The average Bonchev–Trinajstić information content (AvgIpc) is 2.31. The van der Waals surface area contributed by atoms with Crippen LogP contribution in [0.1, 0.15) is 40.5 Å². The number of allylic oxidation sites excluding steroid dienone is 1. The molecule has 0 aromatic carbocycles. The van der Waals surface area contributed by atoms with Crippen molar-refractivity contribution in [2.45, 2.75) is 52.2 Å². The van der Waals surface area contributed by atoms with Gasteiger partial charge in [-0.25, -0.2) is 0 Å². The maximum atomic E-state index is 6.22. The molecule has 0 amide bonds. The van der Waals surface area contributed by atoms with Gasteiger partial charge in [0.25, 0.3) is 0 Å². The topological polar surface area (TPSA) is 9.23 Å². The molecule has 1 heterocycles. The Morgan fingerprint density at radius 3 is 2.57 bits per heavy atom. The number of fused-ring (bicyclic) bond motifs is 1. The van der Waals surface area contributed by atoms with Gasteiger partial charge in [-0.05, 0) is 31.1 Å². The predicted molar refractivity (Wildman–Crippen MR) is 57.0 cm³/mol. The van der Waals surface area contributed by atoms with Gasteiger partial charge in [0.05, 0.1) is 11.7 Å². The fraction of sp³-hybridized carbons (Fsp3) is 0.846. The minimum absolute atomic E-state index is 0.0239. The summed E-state index contributed by atoms with van der Waals surface area (Å²) < 4.78 is 6.22. The second-order valence-electron chi connectivity index (χ2n) is 6.50. The zero-order chi connectivity index (χ0) is 10.2. The van der Waals surface area contributed by atoms with Crippen molar-refractivity contribution in [3.05, 3.63) is 12.2 Å². The SMILES string of the molecule is CC1(C)C[C@@H]2C[C@]3(C)[C@@H]1C=C[C@]3(C)O2. The first-order valence-electron chi connectivity index (χ1n) is 5.75. The van der Waals surface area contributed by atoms with Gasteiger partial charge in [-0.2, -0.15) is 0 Å². The predicted octanol–water partition coefficient (Wildman–Crippen LogP) is 3.16. The molecule has 0 unspecified atom stereocenters. The van der Waals surface area contributed by atoms with Gasteiger partial charge in [0, 0.05) is 5.41 Å². The van der Waals surface area contributed by atoms with Gasteiger partial charge in [-0.15, -0.1) is 0 Å². The van der Waals surface area contributed by atoms with E-state index in [0.29, 0.717) is 22.9 Å². The van der Waals surface area contributed by atoms with E-state index < -0.39 is 0 Å². The lowest BCUT2D eigenvalue weighted by molar-refractivity contribution is -0.0202. The fourth-order valence-electron chi connectivity index (χ4n) is 4.31. The molecule has 3 rings (SSSR count). The zero-order valence-electron chi connectivity index (χ0n) is 9.63. The van der Waals surface area contributed by atoms with E-state index in [2.05, 4.69) is 39.8 Å². The van der Waals surface area contributed by atoms with E-state index in [-0.39, 0.29) is 5.60 Å². The van der Waals surface area contributed by atoms with E-state index in [1.807, 2.05) is 0 Å². The highest BCUT2D eigenvalue weighted by molar-refractivity contribution is 5.29. The number of ether oxygens (including phenoxy) is 1. The average molecular weight is 192 g/mol. The maximum Gasteiger partial charge on any atom is 0.0898 e. The van der Waals surface area contributed by atoms with Crippen LogP contribution < -0.4 is 0 Å². The van der Waals surface area contributed by atoms with Gasteiger partial charge in [0.2, 0.25) is 0 Å². The van der Waals surface area contributed by atoms with Crippen LogP contribution in [-0.4, -0.2) is 11.7 Å². The summed E-state index contributed by atoms with van der Waals surface area (Å²) in [5.41, 5.74) is 0.804. The standard InChI is InChI=1S/C13H20O/c1-11(2)7-9-8-12(3)10(11)5-6-13(12,4)14-9/h5-6,9-10H,7-8H2,1-4H3/t9-,10-,12-,13+/m1/s1. The Labute approximate surface area is 86.5 Å². The van der Waals surface area contributed by atoms with Crippen molar-refractivity contribution in [2.75, 3.05) is 0 Å². The smallest absolute Gasteiger partial charge is 0.0898 e. The van der Waals surface area contributed by atoms with Crippen LogP contribution in [0.3, 0.4) is 0 Å². The van der Waals surface area contributed by atoms with Crippen molar-refractivity contribution in [2.24, 2.45) is 16.7 Å². The van der Waals surface area contributed by atoms with E-state index in [4.69, 9.17) is 4.74 Å². The van der Waals surface area contributed by atoms with Crippen LogP contribution in [0.5, 0.6) is 0 Å². The van der Waals surface area contributed by atoms with E-state index in [1.165, 1.54) is 12.8 Å². The lowest BCUT2D eigenvalue weighted by Gasteiger charge is -2.46. The lowest BCUT2D eigenvalue weighted by Crippen LogP contribution is -2.45. The number of hydrogen-bond acceptors (Lipinski definition) is 1. The van der Waals surface area contributed by atoms with E-state index in [0.717, 1.165) is 0 Å². The third kappa shape index (κ3) is 0.770. The van der Waals surface area contributed by atoms with Crippen molar-refractivity contribution < 1.29 is 4.74 Å². The first-order chi connectivity index (χ1) is 6.37. The van der Waals surface area contributed by atoms with Crippen molar-refractivity contribution >= 4 is 0 Å². The molecule has 1 heteroatoms. The molecule has 14 heavy (non-hydrogen) atoms. The van der Waals surface area contributed by atoms with Crippen LogP contribution in [0.4, 0.5) is 0 Å². The third-order valence-corrected chi connectivity index (χ3v) is 5.09. The lowest BCUT2D eigenvalue weighted by atomic mass is 9.56. The van der Waals surface area contributed by atoms with Gasteiger partial charge in [-0.1, -0.05) is 32.9 Å². The van der Waals surface area contributed by atoms with Crippen LogP contribution in [0, 0.1) is 16.7 Å². The van der Waals surface area contributed by atoms with Crippen molar-refractivity contribution in [1.29, 1.82) is 0 Å². The van der Waals surface area contributed by atoms with Crippen LogP contribution in [0.2, 0.25) is 0 Å². The highest BCUT2D eigenvalue weighted by Gasteiger charge is 2.65. The van der Waals surface area contributed by atoms with Gasteiger partial charge < -0.3 is 4.74 Å². The van der Waals surface area contributed by atoms with Gasteiger partial charge >= 0.3 is 0 Å². The molecule has 0 aromatic heterocycles. The quantitative estimate of drug-likeness (QED) is 0.536. The Hall–Kier alpha value is -0.300. The molecule has 78 valence electrons. The van der Waals surface area contributed by atoms with Crippen LogP contribution in [0.15, 0.2) is 12.2 Å². The molecule has 1 saturated heterocycles. The van der Waals surface area contributed by atoms with Crippen molar-refractivity contribution in [3.8, 4) is 0 Å². The molecule has 0 spiro atoms. The van der Waals surface area contributed by atoms with Crippen LogP contribution >= 0.6 is 0 Å². The largest absolute Gasteiger partial charge is 0.367 e. The Morgan fingerprint density at radius 1 is 1.14 bits per heavy atom. The normalized spacial score (nSPS) is 58.0. The molecule has 0 aromatic rings. The van der Waals surface area contributed by atoms with Crippen molar-refractivity contribution in [1.82, 2.24) is 0 Å². The molecule has 1 saturated carbocycles. The fourth-order valence-corrected chi connectivity index (χ4v) is 4.31. The molecule has 2 aliphatic carbocycles. The summed E-state index contributed by atoms with van der Waals surface area (Å²) in [4.78, 5) is 0. The minimum Gasteiger partial charge on any atom is -0.367 e. The summed E-state index contributed by atoms with van der Waals surface area (Å²) in [5.74, 6) is 0.707. The minimum atomic E-state index is 0.0239. The van der Waals surface area contributed by atoms with E-state index >= 15 is 0 Å². The molecule has 2 fully saturated rings. The first-order valence-corrected chi connectivity index (χ1v) is 5.75. The number of hydrogen-bond donors (Lipinski definition) is 0. The molecule has 0 N–H and O–H groups in total. The van der Waals surface area contributed by atoms with Crippen LogP contribution in [-0.2, 0) is 4.74 Å². The van der Waals surface area contributed by atoms with E-state index in [1.54, 1.807) is 0 Å². The highest BCUT2D eigenvalue weighted by atomic mass is 16.5. The molecular weight excluding hydrogens is 172 g/mol. The Kier molecular flexibility index (Phi) is 1.35. The molecular formula is C13H20O. The Balaban J connectivity index is 2.15. The summed E-state index contributed by atoms with van der Waals surface area (Å²) in [6.45, 7) is 9.48.